The molecule has 0 aliphatic rings. The van der Waals surface area contributed by atoms with E-state index in [1.54, 1.807) is 24.3 Å². The summed E-state index contributed by atoms with van der Waals surface area (Å²) in [5.74, 6) is 0.158. The molecular formula is C10H10ClNO4. The predicted molar refractivity (Wildman–Crippen MR) is 58.0 cm³/mol. The van der Waals surface area contributed by atoms with E-state index in [9.17, 15) is 9.59 Å². The van der Waals surface area contributed by atoms with Crippen LogP contribution in [0.3, 0.4) is 0 Å². The second-order valence-electron chi connectivity index (χ2n) is 2.94. The molecule has 0 aliphatic carbocycles. The zero-order valence-corrected chi connectivity index (χ0v) is 9.03. The molecule has 0 unspecified atom stereocenters. The van der Waals surface area contributed by atoms with E-state index < -0.39 is 6.09 Å². The number of hydrogen-bond donors (Lipinski definition) is 2. The molecule has 1 aromatic carbocycles. The minimum Gasteiger partial charge on any atom is -0.486 e. The fraction of sp³-hybridized carbons (Fsp3) is 0.200. The summed E-state index contributed by atoms with van der Waals surface area (Å²) in [5, 5.41) is 10.8. The highest BCUT2D eigenvalue weighted by Crippen LogP contribution is 2.15. The summed E-state index contributed by atoms with van der Waals surface area (Å²) in [7, 11) is 0. The summed E-state index contributed by atoms with van der Waals surface area (Å²) in [4.78, 5) is 21.2. The number of nitrogens with one attached hydrogen (secondary N) is 1. The van der Waals surface area contributed by atoms with Gasteiger partial charge in [0.15, 0.2) is 5.78 Å². The van der Waals surface area contributed by atoms with Crippen LogP contribution in [0.1, 0.15) is 0 Å². The summed E-state index contributed by atoms with van der Waals surface area (Å²) in [6.07, 6.45) is -1.24. The van der Waals surface area contributed by atoms with E-state index in [0.29, 0.717) is 10.8 Å². The van der Waals surface area contributed by atoms with Crippen molar-refractivity contribution >= 4 is 23.5 Å². The van der Waals surface area contributed by atoms with E-state index >= 15 is 0 Å². The van der Waals surface area contributed by atoms with Gasteiger partial charge in [-0.1, -0.05) is 11.6 Å². The Kier molecular flexibility index (Phi) is 4.60. The first-order chi connectivity index (χ1) is 7.58. The Balaban J connectivity index is 2.31. The third kappa shape index (κ3) is 4.65. The molecule has 0 saturated heterocycles. The Morgan fingerprint density at radius 2 is 1.94 bits per heavy atom. The SMILES string of the molecule is O=C(CNC(=O)O)COc1ccc(Cl)cc1. The Morgan fingerprint density at radius 3 is 2.50 bits per heavy atom. The maximum Gasteiger partial charge on any atom is 0.405 e. The van der Waals surface area contributed by atoms with Gasteiger partial charge in [-0.2, -0.15) is 0 Å². The van der Waals surface area contributed by atoms with Gasteiger partial charge >= 0.3 is 6.09 Å². The van der Waals surface area contributed by atoms with E-state index in [4.69, 9.17) is 21.4 Å². The molecule has 0 radical (unpaired) electrons. The summed E-state index contributed by atoms with van der Waals surface area (Å²) >= 11 is 5.66. The highest BCUT2D eigenvalue weighted by atomic mass is 35.5. The fourth-order valence-electron chi connectivity index (χ4n) is 0.920. The molecule has 16 heavy (non-hydrogen) atoms. The van der Waals surface area contributed by atoms with Gasteiger partial charge in [0.2, 0.25) is 0 Å². The molecular weight excluding hydrogens is 234 g/mol. The molecule has 2 N–H and O–H groups in total. The highest BCUT2D eigenvalue weighted by Gasteiger charge is 2.04. The Labute approximate surface area is 97.0 Å². The molecule has 5 nitrogen and oxygen atoms in total. The van der Waals surface area contributed by atoms with Gasteiger partial charge in [-0.25, -0.2) is 4.79 Å². The van der Waals surface area contributed by atoms with Crippen LogP contribution in [0.25, 0.3) is 0 Å². The first kappa shape index (κ1) is 12.3. The van der Waals surface area contributed by atoms with Gasteiger partial charge < -0.3 is 15.2 Å². The summed E-state index contributed by atoms with van der Waals surface area (Å²) < 4.78 is 5.11. The van der Waals surface area contributed by atoms with Crippen LogP contribution in [-0.2, 0) is 4.79 Å². The monoisotopic (exact) mass is 243 g/mol. The number of ketones is 1. The number of Topliss-reactive ketones (excluding diaryl/α,β-unsaturated/α-hetero) is 1. The number of carboxylic acid groups (broad SMARTS) is 1. The van der Waals surface area contributed by atoms with E-state index in [0.717, 1.165) is 0 Å². The summed E-state index contributed by atoms with van der Waals surface area (Å²) in [5.41, 5.74) is 0. The van der Waals surface area contributed by atoms with Crippen molar-refractivity contribution in [2.75, 3.05) is 13.2 Å². The molecule has 1 aromatic rings. The molecule has 0 aromatic heterocycles. The van der Waals surface area contributed by atoms with Gasteiger partial charge in [-0.05, 0) is 24.3 Å². The summed E-state index contributed by atoms with van der Waals surface area (Å²) in [6.45, 7) is -0.440. The number of rotatable bonds is 5. The molecule has 0 heterocycles. The maximum absolute atomic E-state index is 11.1. The lowest BCUT2D eigenvalue weighted by atomic mass is 10.3. The highest BCUT2D eigenvalue weighted by molar-refractivity contribution is 6.30. The lowest BCUT2D eigenvalue weighted by Gasteiger charge is -2.05. The molecule has 0 atom stereocenters. The molecule has 0 fully saturated rings. The molecule has 6 heteroatoms. The standard InChI is InChI=1S/C10H10ClNO4/c11-7-1-3-9(4-2-7)16-6-8(13)5-12-10(14)15/h1-4,12H,5-6H2,(H,14,15). The van der Waals surface area contributed by atoms with Gasteiger partial charge in [-0.3, -0.25) is 4.79 Å². The van der Waals surface area contributed by atoms with Gasteiger partial charge in [0, 0.05) is 5.02 Å². The van der Waals surface area contributed by atoms with Crippen LogP contribution in [0.15, 0.2) is 24.3 Å². The topological polar surface area (TPSA) is 75.6 Å². The van der Waals surface area contributed by atoms with E-state index in [-0.39, 0.29) is 18.9 Å². The number of carbonyl (C=O) groups excluding carboxylic acids is 1. The smallest absolute Gasteiger partial charge is 0.405 e. The molecule has 0 bridgehead atoms. The van der Waals surface area contributed by atoms with Crippen molar-refractivity contribution in [1.29, 1.82) is 0 Å². The summed E-state index contributed by atoms with van der Waals surface area (Å²) in [6, 6.07) is 6.52. The van der Waals surface area contributed by atoms with Gasteiger partial charge in [0.25, 0.3) is 0 Å². The van der Waals surface area contributed by atoms with E-state index in [2.05, 4.69) is 0 Å². The Hall–Kier alpha value is -1.75. The predicted octanol–water partition coefficient (Wildman–Crippen LogP) is 1.56. The number of benzene rings is 1. The van der Waals surface area contributed by atoms with Gasteiger partial charge in [0.05, 0.1) is 6.54 Å². The maximum atomic E-state index is 11.1. The van der Waals surface area contributed by atoms with Gasteiger partial charge in [-0.15, -0.1) is 0 Å². The Morgan fingerprint density at radius 1 is 1.31 bits per heavy atom. The van der Waals surface area contributed by atoms with Crippen molar-refractivity contribution in [3.05, 3.63) is 29.3 Å². The second-order valence-corrected chi connectivity index (χ2v) is 3.38. The number of ether oxygens (including phenoxy) is 1. The Bertz CT molecular complexity index is 377. The van der Waals surface area contributed by atoms with Crippen LogP contribution < -0.4 is 10.1 Å². The molecule has 0 aliphatic heterocycles. The zero-order chi connectivity index (χ0) is 12.0. The van der Waals surface area contributed by atoms with Crippen molar-refractivity contribution in [3.8, 4) is 5.75 Å². The van der Waals surface area contributed by atoms with Crippen molar-refractivity contribution in [2.24, 2.45) is 0 Å². The van der Waals surface area contributed by atoms with E-state index in [1.807, 2.05) is 5.32 Å². The molecule has 86 valence electrons. The van der Waals surface area contributed by atoms with Crippen LogP contribution in [0, 0.1) is 0 Å². The van der Waals surface area contributed by atoms with Crippen LogP contribution in [0.5, 0.6) is 5.75 Å². The number of carbonyl (C=O) groups is 2. The van der Waals surface area contributed by atoms with Crippen molar-refractivity contribution in [2.45, 2.75) is 0 Å². The number of amides is 1. The molecule has 0 saturated carbocycles. The fourth-order valence-corrected chi connectivity index (χ4v) is 1.05. The molecule has 1 rings (SSSR count). The third-order valence-electron chi connectivity index (χ3n) is 1.65. The third-order valence-corrected chi connectivity index (χ3v) is 1.90. The van der Waals surface area contributed by atoms with Crippen molar-refractivity contribution < 1.29 is 19.4 Å². The zero-order valence-electron chi connectivity index (χ0n) is 8.27. The number of halogens is 1. The van der Waals surface area contributed by atoms with Crippen LogP contribution >= 0.6 is 11.6 Å². The lowest BCUT2D eigenvalue weighted by Crippen LogP contribution is -2.30. The van der Waals surface area contributed by atoms with E-state index in [1.165, 1.54) is 0 Å². The molecule has 1 amide bonds. The van der Waals surface area contributed by atoms with Crippen LogP contribution in [0.2, 0.25) is 5.02 Å². The second kappa shape index (κ2) is 5.97. The largest absolute Gasteiger partial charge is 0.486 e. The van der Waals surface area contributed by atoms with Crippen LogP contribution in [-0.4, -0.2) is 30.1 Å². The molecule has 0 spiro atoms. The minimum atomic E-state index is -1.24. The first-order valence-electron chi connectivity index (χ1n) is 4.45. The lowest BCUT2D eigenvalue weighted by molar-refractivity contribution is -0.120. The average molecular weight is 244 g/mol. The quantitative estimate of drug-likeness (QED) is 0.823. The number of hydrogen-bond acceptors (Lipinski definition) is 3. The average Bonchev–Trinajstić information content (AvgIpc) is 2.25. The normalized spacial score (nSPS) is 9.56. The minimum absolute atomic E-state index is 0.179. The van der Waals surface area contributed by atoms with Gasteiger partial charge in [0.1, 0.15) is 12.4 Å². The first-order valence-corrected chi connectivity index (χ1v) is 4.82. The van der Waals surface area contributed by atoms with Crippen molar-refractivity contribution in [3.63, 3.8) is 0 Å². The van der Waals surface area contributed by atoms with Crippen molar-refractivity contribution in [1.82, 2.24) is 5.32 Å². The van der Waals surface area contributed by atoms with Crippen LogP contribution in [0.4, 0.5) is 4.79 Å².